The molecule has 0 aromatic carbocycles. The monoisotopic (exact) mass is 437 g/mol. The molecule has 2 heterocycles. The molecule has 3 fully saturated rings. The van der Waals surface area contributed by atoms with Crippen LogP contribution in [0.2, 0.25) is 0 Å². The SMILES string of the molecule is CNC(=O)[C@@]12CCC3(CCN(C(=O)COC)CC3)[C@@H]1CN(C)C2.O=C(O)C(F)(F)F. The summed E-state index contributed by atoms with van der Waals surface area (Å²) >= 11 is 0. The molecule has 1 spiro atoms. The van der Waals surface area contributed by atoms with Crippen LogP contribution < -0.4 is 5.32 Å². The maximum absolute atomic E-state index is 12.6. The van der Waals surface area contributed by atoms with E-state index < -0.39 is 12.1 Å². The lowest BCUT2D eigenvalue weighted by Crippen LogP contribution is -2.49. The van der Waals surface area contributed by atoms with Gasteiger partial charge in [0, 0.05) is 40.3 Å². The molecule has 1 aliphatic carbocycles. The zero-order chi connectivity index (χ0) is 22.7. The first-order chi connectivity index (χ1) is 13.9. The number of aliphatic carboxylic acids is 1. The molecule has 172 valence electrons. The molecule has 2 aliphatic heterocycles. The number of methoxy groups -OCH3 is 1. The van der Waals surface area contributed by atoms with E-state index in [0.29, 0.717) is 5.92 Å². The number of fused-ring (bicyclic) bond motifs is 2. The van der Waals surface area contributed by atoms with Crippen molar-refractivity contribution in [3.63, 3.8) is 0 Å². The number of ether oxygens (including phenoxy) is 1. The number of hydrogen-bond acceptors (Lipinski definition) is 5. The van der Waals surface area contributed by atoms with Gasteiger partial charge in [0.15, 0.2) is 0 Å². The van der Waals surface area contributed by atoms with Crippen molar-refractivity contribution < 1.29 is 37.4 Å². The number of rotatable bonds is 3. The summed E-state index contributed by atoms with van der Waals surface area (Å²) in [7, 11) is 5.43. The minimum atomic E-state index is -5.08. The van der Waals surface area contributed by atoms with Crippen molar-refractivity contribution in [2.75, 3.05) is 54.0 Å². The molecule has 3 rings (SSSR count). The first-order valence-corrected chi connectivity index (χ1v) is 9.89. The zero-order valence-electron chi connectivity index (χ0n) is 17.5. The van der Waals surface area contributed by atoms with Gasteiger partial charge in [-0.25, -0.2) is 4.79 Å². The minimum absolute atomic E-state index is 0.0847. The van der Waals surface area contributed by atoms with Gasteiger partial charge in [0.05, 0.1) is 5.41 Å². The van der Waals surface area contributed by atoms with Crippen molar-refractivity contribution in [1.29, 1.82) is 0 Å². The Morgan fingerprint density at radius 1 is 1.17 bits per heavy atom. The van der Waals surface area contributed by atoms with Crippen LogP contribution in [0.1, 0.15) is 25.7 Å². The number of amides is 2. The van der Waals surface area contributed by atoms with Crippen LogP contribution in [0.4, 0.5) is 13.2 Å². The van der Waals surface area contributed by atoms with Gasteiger partial charge >= 0.3 is 12.1 Å². The highest BCUT2D eigenvalue weighted by Gasteiger charge is 2.63. The lowest BCUT2D eigenvalue weighted by Gasteiger charge is -2.44. The summed E-state index contributed by atoms with van der Waals surface area (Å²) in [6.45, 7) is 3.63. The van der Waals surface area contributed by atoms with Gasteiger partial charge in [0.1, 0.15) is 6.61 Å². The van der Waals surface area contributed by atoms with Gasteiger partial charge in [0.25, 0.3) is 0 Å². The summed E-state index contributed by atoms with van der Waals surface area (Å²) in [6.07, 6.45) is -0.960. The predicted octanol–water partition coefficient (Wildman–Crippen LogP) is 0.963. The highest BCUT2D eigenvalue weighted by Crippen LogP contribution is 2.61. The summed E-state index contributed by atoms with van der Waals surface area (Å²) in [6, 6.07) is 0. The van der Waals surface area contributed by atoms with Gasteiger partial charge in [-0.05, 0) is 44.1 Å². The fourth-order valence-corrected chi connectivity index (χ4v) is 5.43. The first kappa shape index (κ1) is 24.4. The highest BCUT2D eigenvalue weighted by molar-refractivity contribution is 5.84. The molecule has 2 amide bonds. The van der Waals surface area contributed by atoms with E-state index in [1.165, 1.54) is 0 Å². The predicted molar refractivity (Wildman–Crippen MR) is 101 cm³/mol. The third-order valence-electron chi connectivity index (χ3n) is 6.82. The number of likely N-dealkylation sites (tertiary alicyclic amines) is 2. The molecule has 0 bridgehead atoms. The minimum Gasteiger partial charge on any atom is -0.475 e. The van der Waals surface area contributed by atoms with Crippen LogP contribution in [-0.2, 0) is 19.1 Å². The van der Waals surface area contributed by atoms with Crippen molar-refractivity contribution in [3.8, 4) is 0 Å². The molecule has 8 nitrogen and oxygen atoms in total. The second kappa shape index (κ2) is 9.09. The van der Waals surface area contributed by atoms with Crippen LogP contribution in [0, 0.1) is 16.7 Å². The molecular formula is C19H30F3N3O5. The van der Waals surface area contributed by atoms with Gasteiger partial charge in [-0.1, -0.05) is 0 Å². The topological polar surface area (TPSA) is 99.2 Å². The van der Waals surface area contributed by atoms with Crippen LogP contribution in [0.5, 0.6) is 0 Å². The van der Waals surface area contributed by atoms with E-state index in [4.69, 9.17) is 14.6 Å². The largest absolute Gasteiger partial charge is 0.490 e. The number of hydrogen-bond donors (Lipinski definition) is 2. The normalized spacial score (nSPS) is 27.9. The van der Waals surface area contributed by atoms with E-state index >= 15 is 0 Å². The maximum Gasteiger partial charge on any atom is 0.490 e. The van der Waals surface area contributed by atoms with E-state index in [1.54, 1.807) is 14.2 Å². The zero-order valence-corrected chi connectivity index (χ0v) is 17.5. The summed E-state index contributed by atoms with van der Waals surface area (Å²) in [5.74, 6) is -2.05. The molecular weight excluding hydrogens is 407 g/mol. The Kier molecular flexibility index (Phi) is 7.39. The van der Waals surface area contributed by atoms with Gasteiger partial charge in [0.2, 0.25) is 11.8 Å². The van der Waals surface area contributed by atoms with Crippen molar-refractivity contribution >= 4 is 17.8 Å². The third kappa shape index (κ3) is 4.72. The number of piperidine rings is 1. The quantitative estimate of drug-likeness (QED) is 0.683. The lowest BCUT2D eigenvalue weighted by molar-refractivity contribution is -0.192. The number of halogens is 3. The molecule has 0 aromatic heterocycles. The Hall–Kier alpha value is -1.88. The van der Waals surface area contributed by atoms with Crippen LogP contribution in [0.25, 0.3) is 0 Å². The Labute approximate surface area is 173 Å². The number of nitrogens with one attached hydrogen (secondary N) is 1. The molecule has 30 heavy (non-hydrogen) atoms. The van der Waals surface area contributed by atoms with Crippen LogP contribution in [-0.4, -0.2) is 92.9 Å². The fraction of sp³-hybridized carbons (Fsp3) is 0.842. The Morgan fingerprint density at radius 3 is 2.20 bits per heavy atom. The first-order valence-electron chi connectivity index (χ1n) is 9.89. The van der Waals surface area contributed by atoms with E-state index in [9.17, 15) is 22.8 Å². The van der Waals surface area contributed by atoms with Crippen molar-refractivity contribution in [3.05, 3.63) is 0 Å². The van der Waals surface area contributed by atoms with Crippen LogP contribution in [0.3, 0.4) is 0 Å². The number of carboxylic acid groups (broad SMARTS) is 1. The maximum atomic E-state index is 12.6. The van der Waals surface area contributed by atoms with Crippen molar-refractivity contribution in [2.45, 2.75) is 31.9 Å². The molecule has 2 N–H and O–H groups in total. The number of carbonyl (C=O) groups is 3. The Morgan fingerprint density at radius 2 is 1.73 bits per heavy atom. The fourth-order valence-electron chi connectivity index (χ4n) is 5.43. The Bertz CT molecular complexity index is 664. The Balaban J connectivity index is 0.000000396. The molecule has 3 aliphatic rings. The van der Waals surface area contributed by atoms with Crippen molar-refractivity contribution in [2.24, 2.45) is 16.7 Å². The summed E-state index contributed by atoms with van der Waals surface area (Å²) < 4.78 is 36.7. The molecule has 0 radical (unpaired) electrons. The van der Waals surface area contributed by atoms with Gasteiger partial charge < -0.3 is 25.0 Å². The molecule has 2 atom stereocenters. The second-order valence-corrected chi connectivity index (χ2v) is 8.46. The third-order valence-corrected chi connectivity index (χ3v) is 6.82. The van der Waals surface area contributed by atoms with E-state index in [2.05, 4.69) is 17.3 Å². The molecule has 1 saturated carbocycles. The van der Waals surface area contributed by atoms with E-state index in [-0.39, 0.29) is 29.3 Å². The second-order valence-electron chi connectivity index (χ2n) is 8.46. The average Bonchev–Trinajstić information content (AvgIpc) is 3.17. The highest BCUT2D eigenvalue weighted by atomic mass is 19.4. The van der Waals surface area contributed by atoms with Crippen LogP contribution >= 0.6 is 0 Å². The lowest BCUT2D eigenvalue weighted by atomic mass is 9.65. The van der Waals surface area contributed by atoms with E-state index in [1.807, 2.05) is 4.90 Å². The summed E-state index contributed by atoms with van der Waals surface area (Å²) in [4.78, 5) is 37.8. The standard InChI is InChI=1S/C17H29N3O3.C2HF3O2/c1-18-15(22)17-5-4-16(13(17)10-19(2)12-17)6-8-20(9-7-16)14(21)11-23-3;3-2(4,5)1(6)7/h13H,4-12H2,1-3H3,(H,18,22);(H,6,7)/t13-,17+;/m0./s1. The number of carboxylic acids is 1. The van der Waals surface area contributed by atoms with Crippen LogP contribution in [0.15, 0.2) is 0 Å². The molecule has 11 heteroatoms. The van der Waals surface area contributed by atoms with E-state index in [0.717, 1.165) is 51.9 Å². The molecule has 0 aromatic rings. The summed E-state index contributed by atoms with van der Waals surface area (Å²) in [5.41, 5.74) is 0.00330. The number of carbonyl (C=O) groups excluding carboxylic acids is 2. The van der Waals surface area contributed by atoms with Gasteiger partial charge in [-0.2, -0.15) is 13.2 Å². The van der Waals surface area contributed by atoms with Gasteiger partial charge in [-0.15, -0.1) is 0 Å². The number of nitrogens with zero attached hydrogens (tertiary/aromatic N) is 2. The summed E-state index contributed by atoms with van der Waals surface area (Å²) in [5, 5.41) is 10.0. The van der Waals surface area contributed by atoms with Gasteiger partial charge in [-0.3, -0.25) is 9.59 Å². The molecule has 0 unspecified atom stereocenters. The molecule has 2 saturated heterocycles. The van der Waals surface area contributed by atoms with Crippen molar-refractivity contribution in [1.82, 2.24) is 15.1 Å². The smallest absolute Gasteiger partial charge is 0.475 e. The average molecular weight is 437 g/mol. The number of alkyl halides is 3.